The van der Waals surface area contributed by atoms with Crippen molar-refractivity contribution in [2.45, 2.75) is 65.3 Å². The Hall–Kier alpha value is -4.57. The van der Waals surface area contributed by atoms with Crippen LogP contribution in [0.3, 0.4) is 0 Å². The van der Waals surface area contributed by atoms with E-state index in [4.69, 9.17) is 50.8 Å². The van der Waals surface area contributed by atoms with E-state index < -0.39 is 72.0 Å². The van der Waals surface area contributed by atoms with Gasteiger partial charge in [-0.25, -0.2) is 5.01 Å². The van der Waals surface area contributed by atoms with Crippen molar-refractivity contribution in [2.75, 3.05) is 13.7 Å². The van der Waals surface area contributed by atoms with Crippen LogP contribution in [0.4, 0.5) is 0 Å². The van der Waals surface area contributed by atoms with Crippen molar-refractivity contribution in [3.63, 3.8) is 0 Å². The minimum Gasteiger partial charge on any atom is -0.493 e. The lowest BCUT2D eigenvalue weighted by atomic mass is 9.97. The number of hydrogen-bond acceptors (Lipinski definition) is 14. The van der Waals surface area contributed by atoms with Gasteiger partial charge in [0.15, 0.2) is 46.8 Å². The molecule has 1 saturated heterocycles. The SMILES string of the molecule is COc1cccc2cc(C(C)=O)c(=NN(C(N)=S)[C@@H]3O[C@H](COC(C)=O)[C@H](OC(C)=O)[C@H](OC(C)=O)[C@H]3OC(C)=O)oc12. The molecule has 2 N–H and O–H groups in total. The van der Waals surface area contributed by atoms with Gasteiger partial charge in [-0.05, 0) is 31.3 Å². The third-order valence-electron chi connectivity index (χ3n) is 5.97. The molecule has 3 rings (SSSR count). The molecule has 15 nitrogen and oxygen atoms in total. The van der Waals surface area contributed by atoms with Crippen LogP contribution in [0.1, 0.15) is 45.0 Å². The second kappa shape index (κ2) is 14.1. The summed E-state index contributed by atoms with van der Waals surface area (Å²) in [5.41, 5.74) is 6.03. The number of Topliss-reactive ketones (excluding diaryl/α,β-unsaturated/α-hetero) is 1. The Morgan fingerprint density at radius 1 is 0.930 bits per heavy atom. The first-order chi connectivity index (χ1) is 20.2. The summed E-state index contributed by atoms with van der Waals surface area (Å²) in [5, 5.41) is 5.31. The van der Waals surface area contributed by atoms with Crippen molar-refractivity contribution in [1.29, 1.82) is 0 Å². The summed E-state index contributed by atoms with van der Waals surface area (Å²) in [6.45, 7) is 5.19. The average Bonchev–Trinajstić information content (AvgIpc) is 2.91. The Labute approximate surface area is 250 Å². The van der Waals surface area contributed by atoms with Crippen LogP contribution in [0.2, 0.25) is 0 Å². The summed E-state index contributed by atoms with van der Waals surface area (Å²) in [4.78, 5) is 60.7. The van der Waals surface area contributed by atoms with Gasteiger partial charge >= 0.3 is 23.9 Å². The number of carbonyl (C=O) groups excluding carboxylic acids is 5. The van der Waals surface area contributed by atoms with Crippen LogP contribution in [-0.2, 0) is 42.9 Å². The second-order valence-corrected chi connectivity index (χ2v) is 9.69. The minimum absolute atomic E-state index is 0.0210. The molecular weight excluding hydrogens is 590 g/mol. The Bertz CT molecular complexity index is 1510. The fourth-order valence-electron chi connectivity index (χ4n) is 4.34. The largest absolute Gasteiger partial charge is 0.493 e. The van der Waals surface area contributed by atoms with Crippen molar-refractivity contribution >= 4 is 58.0 Å². The fraction of sp³-hybridized carbons (Fsp3) is 0.444. The molecule has 0 spiro atoms. The maximum absolute atomic E-state index is 12.6. The van der Waals surface area contributed by atoms with Crippen LogP contribution in [0.25, 0.3) is 11.0 Å². The summed E-state index contributed by atoms with van der Waals surface area (Å²) < 4.78 is 38.9. The molecule has 5 atom stereocenters. The maximum Gasteiger partial charge on any atom is 0.303 e. The van der Waals surface area contributed by atoms with E-state index in [1.54, 1.807) is 18.2 Å². The van der Waals surface area contributed by atoms with Gasteiger partial charge in [0.1, 0.15) is 12.7 Å². The summed E-state index contributed by atoms with van der Waals surface area (Å²) in [6.07, 6.45) is -7.39. The number of para-hydroxylation sites is 1. The molecule has 1 aliphatic rings. The van der Waals surface area contributed by atoms with Crippen LogP contribution in [0, 0.1) is 0 Å². The lowest BCUT2D eigenvalue weighted by Gasteiger charge is -2.46. The Balaban J connectivity index is 2.29. The molecule has 0 aliphatic carbocycles. The smallest absolute Gasteiger partial charge is 0.303 e. The van der Waals surface area contributed by atoms with E-state index in [0.717, 1.165) is 32.7 Å². The van der Waals surface area contributed by atoms with Crippen molar-refractivity contribution in [1.82, 2.24) is 5.01 Å². The number of fused-ring (bicyclic) bond motifs is 1. The second-order valence-electron chi connectivity index (χ2n) is 9.27. The summed E-state index contributed by atoms with van der Waals surface area (Å²) in [5.74, 6) is -3.28. The van der Waals surface area contributed by atoms with E-state index in [1.807, 2.05) is 0 Å². The molecule has 16 heteroatoms. The van der Waals surface area contributed by atoms with Crippen LogP contribution < -0.4 is 16.0 Å². The summed E-state index contributed by atoms with van der Waals surface area (Å²) >= 11 is 5.25. The third kappa shape index (κ3) is 8.04. The normalized spacial score (nSPS) is 21.8. The molecule has 1 aliphatic heterocycles. The highest BCUT2D eigenvalue weighted by atomic mass is 32.1. The Kier molecular flexibility index (Phi) is 10.8. The van der Waals surface area contributed by atoms with Gasteiger partial charge in [-0.15, -0.1) is 5.10 Å². The highest BCUT2D eigenvalue weighted by Gasteiger charge is 2.54. The topological polar surface area (TPSA) is 195 Å². The first-order valence-corrected chi connectivity index (χ1v) is 13.2. The maximum atomic E-state index is 12.6. The molecule has 1 aromatic carbocycles. The monoisotopic (exact) mass is 621 g/mol. The van der Waals surface area contributed by atoms with E-state index >= 15 is 0 Å². The number of hydrogen-bond donors (Lipinski definition) is 1. The molecule has 43 heavy (non-hydrogen) atoms. The van der Waals surface area contributed by atoms with Gasteiger partial charge in [-0.2, -0.15) is 0 Å². The van der Waals surface area contributed by atoms with Crippen LogP contribution in [0.5, 0.6) is 5.75 Å². The van der Waals surface area contributed by atoms with E-state index in [2.05, 4.69) is 5.10 Å². The first-order valence-electron chi connectivity index (χ1n) is 12.8. The summed E-state index contributed by atoms with van der Waals surface area (Å²) in [6, 6.07) is 6.56. The zero-order chi connectivity index (χ0) is 32.0. The van der Waals surface area contributed by atoms with Gasteiger partial charge in [-0.1, -0.05) is 12.1 Å². The number of esters is 4. The molecule has 1 fully saturated rings. The number of nitrogens with two attached hydrogens (primary N) is 1. The van der Waals surface area contributed by atoms with Crippen molar-refractivity contribution in [3.05, 3.63) is 35.4 Å². The number of ketones is 1. The van der Waals surface area contributed by atoms with Gasteiger partial charge in [0.05, 0.1) is 12.7 Å². The van der Waals surface area contributed by atoms with Crippen LogP contribution in [-0.4, -0.2) is 84.1 Å². The highest BCUT2D eigenvalue weighted by molar-refractivity contribution is 7.80. The molecule has 2 heterocycles. The van der Waals surface area contributed by atoms with Crippen molar-refractivity contribution < 1.29 is 56.8 Å². The quantitative estimate of drug-likeness (QED) is 0.137. The average molecular weight is 622 g/mol. The Morgan fingerprint density at radius 2 is 1.53 bits per heavy atom. The fourth-order valence-corrected chi connectivity index (χ4v) is 4.49. The first kappa shape index (κ1) is 32.9. The predicted molar refractivity (Wildman–Crippen MR) is 149 cm³/mol. The van der Waals surface area contributed by atoms with Crippen molar-refractivity contribution in [2.24, 2.45) is 10.8 Å². The number of ether oxygens (including phenoxy) is 6. The van der Waals surface area contributed by atoms with Gasteiger partial charge in [-0.3, -0.25) is 24.0 Å². The molecule has 2 aromatic rings. The number of carbonyl (C=O) groups is 5. The molecule has 0 bridgehead atoms. The molecule has 0 unspecified atom stereocenters. The molecule has 0 saturated carbocycles. The number of thiocarbonyl (C=S) groups is 1. The van der Waals surface area contributed by atoms with E-state index in [1.165, 1.54) is 20.1 Å². The molecule has 232 valence electrons. The molecule has 1 aromatic heterocycles. The van der Waals surface area contributed by atoms with Gasteiger partial charge < -0.3 is 38.6 Å². The third-order valence-corrected chi connectivity index (χ3v) is 6.16. The van der Waals surface area contributed by atoms with E-state index in [-0.39, 0.29) is 16.7 Å². The molecular formula is C27H31N3O12S. The highest BCUT2D eigenvalue weighted by Crippen LogP contribution is 2.31. The standard InChI is InChI=1S/C27H31N3O12S/c1-12(31)18-10-17-8-7-9-19(36-6)21(17)42-25(18)29-30(27(28)43)26-24(40-16(5)35)23(39-15(4)34)22(38-14(3)33)20(41-26)11-37-13(2)32/h7-10,20,22-24,26H,11H2,1-6H3,(H2,28,43)/t20-,22+,23+,24-,26-/m1/s1. The lowest BCUT2D eigenvalue weighted by Crippen LogP contribution is -2.66. The number of methoxy groups -OCH3 is 1. The zero-order valence-electron chi connectivity index (χ0n) is 24.2. The molecule has 0 amide bonds. The number of rotatable bonds is 9. The predicted octanol–water partition coefficient (Wildman–Crippen LogP) is 1.09. The van der Waals surface area contributed by atoms with Crippen molar-refractivity contribution in [3.8, 4) is 5.75 Å². The number of benzene rings is 1. The summed E-state index contributed by atoms with van der Waals surface area (Å²) in [7, 11) is 1.43. The van der Waals surface area contributed by atoms with Gasteiger partial charge in [0.2, 0.25) is 5.55 Å². The number of nitrogens with zero attached hydrogens (tertiary/aromatic N) is 2. The zero-order valence-corrected chi connectivity index (χ0v) is 25.0. The minimum atomic E-state index is -1.58. The van der Waals surface area contributed by atoms with Crippen LogP contribution in [0.15, 0.2) is 33.8 Å². The van der Waals surface area contributed by atoms with Gasteiger partial charge in [0.25, 0.3) is 0 Å². The Morgan fingerprint density at radius 3 is 2.07 bits per heavy atom. The lowest BCUT2D eigenvalue weighted by molar-refractivity contribution is -0.271. The van der Waals surface area contributed by atoms with Crippen LogP contribution >= 0.6 is 12.2 Å². The van der Waals surface area contributed by atoms with E-state index in [0.29, 0.717) is 11.1 Å². The van der Waals surface area contributed by atoms with E-state index in [9.17, 15) is 24.0 Å². The molecule has 0 radical (unpaired) electrons. The van der Waals surface area contributed by atoms with Gasteiger partial charge in [0, 0.05) is 33.1 Å².